The lowest BCUT2D eigenvalue weighted by molar-refractivity contribution is -0.124. The van der Waals surface area contributed by atoms with E-state index in [1.165, 1.54) is 12.1 Å². The molecule has 1 aromatic heterocycles. The fourth-order valence-corrected chi connectivity index (χ4v) is 3.88. The molecule has 3 aromatic rings. The summed E-state index contributed by atoms with van der Waals surface area (Å²) in [4.78, 5) is 12.2. The number of nitrogens with one attached hydrogen (secondary N) is 1. The molecular formula is C23H22Cl2FN3O4. The van der Waals surface area contributed by atoms with Gasteiger partial charge in [-0.3, -0.25) is 4.79 Å². The molecule has 174 valence electrons. The molecule has 1 saturated carbocycles. The van der Waals surface area contributed by atoms with E-state index in [1.807, 2.05) is 0 Å². The Morgan fingerprint density at radius 3 is 2.48 bits per heavy atom. The van der Waals surface area contributed by atoms with Gasteiger partial charge in [-0.2, -0.15) is 0 Å². The van der Waals surface area contributed by atoms with E-state index in [-0.39, 0.29) is 41.9 Å². The minimum absolute atomic E-state index is 0.00557. The third kappa shape index (κ3) is 6.58. The molecule has 0 bridgehead atoms. The fraction of sp³-hybridized carbons (Fsp3) is 0.348. The van der Waals surface area contributed by atoms with E-state index >= 15 is 0 Å². The first-order valence-corrected chi connectivity index (χ1v) is 11.3. The van der Waals surface area contributed by atoms with Crippen LogP contribution in [0.2, 0.25) is 10.0 Å². The monoisotopic (exact) mass is 493 g/mol. The second-order valence-corrected chi connectivity index (χ2v) is 8.60. The molecule has 0 radical (unpaired) electrons. The largest absolute Gasteiger partial charge is 0.484 e. The number of rotatable bonds is 8. The summed E-state index contributed by atoms with van der Waals surface area (Å²) in [7, 11) is 0. The first kappa shape index (κ1) is 23.3. The van der Waals surface area contributed by atoms with E-state index in [4.69, 9.17) is 37.1 Å². The lowest BCUT2D eigenvalue weighted by Gasteiger charge is -2.27. The number of hydrogen-bond acceptors (Lipinski definition) is 6. The van der Waals surface area contributed by atoms with Crippen molar-refractivity contribution in [1.82, 2.24) is 15.5 Å². The van der Waals surface area contributed by atoms with Gasteiger partial charge in [-0.1, -0.05) is 23.2 Å². The Bertz CT molecular complexity index is 1090. The van der Waals surface area contributed by atoms with Crippen molar-refractivity contribution in [2.45, 2.75) is 44.2 Å². The van der Waals surface area contributed by atoms with Gasteiger partial charge in [-0.05, 0) is 62.1 Å². The van der Waals surface area contributed by atoms with Gasteiger partial charge in [0, 0.05) is 23.0 Å². The van der Waals surface area contributed by atoms with Crippen molar-refractivity contribution in [1.29, 1.82) is 0 Å². The first-order valence-electron chi connectivity index (χ1n) is 10.5. The summed E-state index contributed by atoms with van der Waals surface area (Å²) < 4.78 is 30.2. The Balaban J connectivity index is 1.19. The van der Waals surface area contributed by atoms with Crippen LogP contribution in [-0.4, -0.2) is 28.8 Å². The molecule has 0 aliphatic heterocycles. The van der Waals surface area contributed by atoms with Crippen LogP contribution in [0.15, 0.2) is 46.9 Å². The van der Waals surface area contributed by atoms with Crippen LogP contribution in [0.4, 0.5) is 4.39 Å². The van der Waals surface area contributed by atoms with Crippen molar-refractivity contribution in [2.75, 3.05) is 6.61 Å². The summed E-state index contributed by atoms with van der Waals surface area (Å²) in [5.41, 5.74) is 0. The smallest absolute Gasteiger partial charge is 0.258 e. The van der Waals surface area contributed by atoms with Crippen molar-refractivity contribution in [2.24, 2.45) is 0 Å². The van der Waals surface area contributed by atoms with Crippen molar-refractivity contribution >= 4 is 29.1 Å². The number of benzene rings is 2. The molecule has 1 aliphatic carbocycles. The Labute approximate surface area is 200 Å². The molecule has 0 saturated heterocycles. The van der Waals surface area contributed by atoms with Gasteiger partial charge in [0.2, 0.25) is 5.89 Å². The Kier molecular flexibility index (Phi) is 7.67. The van der Waals surface area contributed by atoms with Crippen LogP contribution in [0, 0.1) is 5.82 Å². The van der Waals surface area contributed by atoms with Gasteiger partial charge in [0.25, 0.3) is 11.8 Å². The molecule has 1 aliphatic rings. The normalized spacial score (nSPS) is 18.0. The van der Waals surface area contributed by atoms with E-state index in [2.05, 4.69) is 15.5 Å². The lowest BCUT2D eigenvalue weighted by Crippen LogP contribution is -2.39. The molecular weight excluding hydrogens is 472 g/mol. The van der Waals surface area contributed by atoms with Crippen LogP contribution in [0.3, 0.4) is 0 Å². The summed E-state index contributed by atoms with van der Waals surface area (Å²) in [5, 5.41) is 11.8. The number of carbonyl (C=O) groups excluding carboxylic acids is 1. The Morgan fingerprint density at radius 1 is 1.03 bits per heavy atom. The maximum Gasteiger partial charge on any atom is 0.258 e. The average molecular weight is 494 g/mol. The van der Waals surface area contributed by atoms with E-state index in [0.29, 0.717) is 22.6 Å². The minimum Gasteiger partial charge on any atom is -0.484 e. The molecule has 0 unspecified atom stereocenters. The van der Waals surface area contributed by atoms with E-state index < -0.39 is 5.82 Å². The van der Waals surface area contributed by atoms with Gasteiger partial charge in [-0.25, -0.2) is 4.39 Å². The molecule has 10 heteroatoms. The third-order valence-corrected chi connectivity index (χ3v) is 5.92. The second-order valence-electron chi connectivity index (χ2n) is 7.76. The van der Waals surface area contributed by atoms with Gasteiger partial charge in [0.05, 0.1) is 5.02 Å². The van der Waals surface area contributed by atoms with Gasteiger partial charge >= 0.3 is 0 Å². The zero-order chi connectivity index (χ0) is 23.2. The molecule has 0 spiro atoms. The molecule has 33 heavy (non-hydrogen) atoms. The minimum atomic E-state index is -0.589. The Hall–Kier alpha value is -2.84. The SMILES string of the molecule is O=C(COc1ccc(Cl)c(F)c1)NC1CCC(c2nnc(COc3ccc(Cl)cc3)o2)CC1. The fourth-order valence-electron chi connectivity index (χ4n) is 3.64. The predicted molar refractivity (Wildman–Crippen MR) is 120 cm³/mol. The highest BCUT2D eigenvalue weighted by molar-refractivity contribution is 6.30. The lowest BCUT2D eigenvalue weighted by atomic mass is 9.86. The predicted octanol–water partition coefficient (Wildman–Crippen LogP) is 5.32. The van der Waals surface area contributed by atoms with Crippen LogP contribution in [0.25, 0.3) is 0 Å². The van der Waals surface area contributed by atoms with Crippen LogP contribution in [-0.2, 0) is 11.4 Å². The van der Waals surface area contributed by atoms with Crippen LogP contribution >= 0.6 is 23.2 Å². The third-order valence-electron chi connectivity index (χ3n) is 5.36. The van der Waals surface area contributed by atoms with Gasteiger partial charge in [-0.15, -0.1) is 10.2 Å². The maximum atomic E-state index is 13.4. The molecule has 1 amide bonds. The number of ether oxygens (including phenoxy) is 2. The highest BCUT2D eigenvalue weighted by Gasteiger charge is 2.27. The maximum absolute atomic E-state index is 13.4. The molecule has 7 nitrogen and oxygen atoms in total. The van der Waals surface area contributed by atoms with E-state index in [9.17, 15) is 9.18 Å². The number of nitrogens with zero attached hydrogens (tertiary/aromatic N) is 2. The summed E-state index contributed by atoms with van der Waals surface area (Å²) in [6.07, 6.45) is 3.19. The van der Waals surface area contributed by atoms with Crippen LogP contribution in [0.1, 0.15) is 43.4 Å². The highest BCUT2D eigenvalue weighted by Crippen LogP contribution is 2.32. The van der Waals surface area contributed by atoms with Crippen molar-refractivity contribution in [3.05, 3.63) is 70.1 Å². The van der Waals surface area contributed by atoms with Crippen LogP contribution in [0.5, 0.6) is 11.5 Å². The van der Waals surface area contributed by atoms with E-state index in [0.717, 1.165) is 31.7 Å². The van der Waals surface area contributed by atoms with Crippen molar-refractivity contribution in [3.8, 4) is 11.5 Å². The summed E-state index contributed by atoms with van der Waals surface area (Å²) >= 11 is 11.5. The van der Waals surface area contributed by atoms with Crippen LogP contribution < -0.4 is 14.8 Å². The summed E-state index contributed by atoms with van der Waals surface area (Å²) in [5.74, 6) is 1.21. The molecule has 2 aromatic carbocycles. The molecule has 1 N–H and O–H groups in total. The number of aromatic nitrogens is 2. The Morgan fingerprint density at radius 2 is 1.76 bits per heavy atom. The number of hydrogen-bond donors (Lipinski definition) is 1. The number of amides is 1. The molecule has 1 heterocycles. The number of halogens is 3. The van der Waals surface area contributed by atoms with E-state index in [1.54, 1.807) is 24.3 Å². The van der Waals surface area contributed by atoms with Gasteiger partial charge in [0.1, 0.15) is 17.3 Å². The van der Waals surface area contributed by atoms with Crippen molar-refractivity contribution in [3.63, 3.8) is 0 Å². The standard InChI is InChI=1S/C23H22Cl2FN3O4/c24-15-3-7-17(8-4-15)32-13-22-28-29-23(33-22)14-1-5-16(6-2-14)27-21(30)12-31-18-9-10-19(25)20(26)11-18/h3-4,7-11,14,16H,1-2,5-6,12-13H2,(H,27,30). The summed E-state index contributed by atoms with van der Waals surface area (Å²) in [6, 6.07) is 11.1. The highest BCUT2D eigenvalue weighted by atomic mass is 35.5. The zero-order valence-corrected chi connectivity index (χ0v) is 19.1. The van der Waals surface area contributed by atoms with Gasteiger partial charge < -0.3 is 19.2 Å². The average Bonchev–Trinajstić information content (AvgIpc) is 3.29. The quantitative estimate of drug-likeness (QED) is 0.457. The topological polar surface area (TPSA) is 86.5 Å². The summed E-state index contributed by atoms with van der Waals surface area (Å²) in [6.45, 7) is -0.0147. The van der Waals surface area contributed by atoms with Crippen molar-refractivity contribution < 1.29 is 23.1 Å². The number of carbonyl (C=O) groups is 1. The first-order chi connectivity index (χ1) is 16.0. The molecule has 0 atom stereocenters. The van der Waals surface area contributed by atoms with Gasteiger partial charge in [0.15, 0.2) is 13.2 Å². The second kappa shape index (κ2) is 10.9. The zero-order valence-electron chi connectivity index (χ0n) is 17.6. The molecule has 4 rings (SSSR count). The molecule has 1 fully saturated rings.